The van der Waals surface area contributed by atoms with Crippen LogP contribution in [0.5, 0.6) is 5.75 Å². The number of hydrogen-bond donors (Lipinski definition) is 2. The molecular formula is C19H24O4. The van der Waals surface area contributed by atoms with Crippen LogP contribution in [-0.2, 0) is 4.79 Å². The van der Waals surface area contributed by atoms with Crippen molar-refractivity contribution in [2.24, 2.45) is 17.3 Å². The number of hydrogen-bond acceptors (Lipinski definition) is 4. The summed E-state index contributed by atoms with van der Waals surface area (Å²) in [4.78, 5) is 25.7. The van der Waals surface area contributed by atoms with Crippen molar-refractivity contribution in [1.29, 1.82) is 0 Å². The van der Waals surface area contributed by atoms with E-state index in [4.69, 9.17) is 0 Å². The molecule has 0 radical (unpaired) electrons. The van der Waals surface area contributed by atoms with Gasteiger partial charge in [-0.1, -0.05) is 25.1 Å². The van der Waals surface area contributed by atoms with Crippen LogP contribution in [0.1, 0.15) is 43.1 Å². The Bertz CT molecular complexity index is 648. The second-order valence-electron chi connectivity index (χ2n) is 7.30. The summed E-state index contributed by atoms with van der Waals surface area (Å²) >= 11 is 0. The molecule has 124 valence electrons. The number of allylic oxidation sites excluding steroid dienone is 1. The molecule has 0 bridgehead atoms. The molecule has 0 saturated heterocycles. The Balaban J connectivity index is 2.62. The molecule has 3 atom stereocenters. The van der Waals surface area contributed by atoms with Crippen molar-refractivity contribution in [3.8, 4) is 5.75 Å². The third-order valence-electron chi connectivity index (χ3n) is 4.95. The first-order chi connectivity index (χ1) is 10.5. The van der Waals surface area contributed by atoms with Gasteiger partial charge in [0.15, 0.2) is 5.78 Å². The van der Waals surface area contributed by atoms with E-state index in [9.17, 15) is 19.8 Å². The Morgan fingerprint density at radius 1 is 1.43 bits per heavy atom. The van der Waals surface area contributed by atoms with Crippen LogP contribution in [0.4, 0.5) is 0 Å². The van der Waals surface area contributed by atoms with E-state index in [2.05, 4.69) is 6.58 Å². The first-order valence-corrected chi connectivity index (χ1v) is 7.74. The molecule has 2 rings (SSSR count). The van der Waals surface area contributed by atoms with Crippen LogP contribution >= 0.6 is 0 Å². The summed E-state index contributed by atoms with van der Waals surface area (Å²) in [6.45, 7) is 10.4. The topological polar surface area (TPSA) is 74.6 Å². The van der Waals surface area contributed by atoms with Crippen LogP contribution in [0.2, 0.25) is 0 Å². The first-order valence-electron chi connectivity index (χ1n) is 7.74. The molecule has 4 nitrogen and oxygen atoms in total. The summed E-state index contributed by atoms with van der Waals surface area (Å²) < 4.78 is 0. The standard InChI is InChI=1S/C19H24O4/c1-6-19(5)10-13(21)15(18(3,4)23)16(19)17(22)14-11(2)8-7-9-12(14)20/h6-9,15-16,20,23H,1,10H2,2-5H3/t15-,16-,19+/m0/s1. The fourth-order valence-electron chi connectivity index (χ4n) is 3.74. The lowest BCUT2D eigenvalue weighted by atomic mass is 9.69. The zero-order chi connectivity index (χ0) is 17.6. The number of ketones is 2. The molecule has 0 aromatic heterocycles. The maximum absolute atomic E-state index is 13.2. The molecule has 4 heteroatoms. The minimum atomic E-state index is -1.32. The van der Waals surface area contributed by atoms with E-state index in [0.717, 1.165) is 0 Å². The SMILES string of the molecule is C=C[C@]1(C)CC(=O)[C@H](C(C)(C)O)[C@H]1C(=O)c1c(C)cccc1O. The molecule has 0 spiro atoms. The predicted octanol–water partition coefficient (Wildman–Crippen LogP) is 3.05. The zero-order valence-electron chi connectivity index (χ0n) is 14.1. The molecule has 2 N–H and O–H groups in total. The smallest absolute Gasteiger partial charge is 0.171 e. The minimum absolute atomic E-state index is 0.102. The lowest BCUT2D eigenvalue weighted by Crippen LogP contribution is -2.43. The largest absolute Gasteiger partial charge is 0.507 e. The van der Waals surface area contributed by atoms with Gasteiger partial charge in [0.2, 0.25) is 0 Å². The van der Waals surface area contributed by atoms with Gasteiger partial charge in [-0.3, -0.25) is 9.59 Å². The lowest BCUT2D eigenvalue weighted by molar-refractivity contribution is -0.128. The first kappa shape index (κ1) is 17.4. The fourth-order valence-corrected chi connectivity index (χ4v) is 3.74. The number of Topliss-reactive ketones (excluding diaryl/α,β-unsaturated/α-hetero) is 2. The maximum atomic E-state index is 13.2. The monoisotopic (exact) mass is 316 g/mol. The summed E-state index contributed by atoms with van der Waals surface area (Å²) in [5, 5.41) is 20.6. The van der Waals surface area contributed by atoms with Crippen LogP contribution in [0.3, 0.4) is 0 Å². The van der Waals surface area contributed by atoms with E-state index < -0.39 is 22.9 Å². The van der Waals surface area contributed by atoms with Crippen LogP contribution < -0.4 is 0 Å². The Labute approximate surface area is 136 Å². The van der Waals surface area contributed by atoms with Crippen molar-refractivity contribution in [2.45, 2.75) is 39.7 Å². The van der Waals surface area contributed by atoms with Gasteiger partial charge in [-0.15, -0.1) is 6.58 Å². The maximum Gasteiger partial charge on any atom is 0.171 e. The molecule has 1 saturated carbocycles. The molecular weight excluding hydrogens is 292 g/mol. The fraction of sp³-hybridized carbons (Fsp3) is 0.474. The summed E-state index contributed by atoms with van der Waals surface area (Å²) in [6, 6.07) is 4.87. The van der Waals surface area contributed by atoms with E-state index in [-0.39, 0.29) is 29.3 Å². The van der Waals surface area contributed by atoms with Crippen LogP contribution in [0.15, 0.2) is 30.9 Å². The number of carbonyl (C=O) groups is 2. The van der Waals surface area contributed by atoms with Gasteiger partial charge in [0.25, 0.3) is 0 Å². The molecule has 1 aliphatic rings. The van der Waals surface area contributed by atoms with Crippen molar-refractivity contribution in [1.82, 2.24) is 0 Å². The second-order valence-corrected chi connectivity index (χ2v) is 7.30. The van der Waals surface area contributed by atoms with Crippen molar-refractivity contribution >= 4 is 11.6 Å². The highest BCUT2D eigenvalue weighted by Crippen LogP contribution is 2.51. The van der Waals surface area contributed by atoms with Gasteiger partial charge in [-0.2, -0.15) is 0 Å². The Hall–Kier alpha value is -1.94. The number of rotatable bonds is 4. The van der Waals surface area contributed by atoms with Gasteiger partial charge < -0.3 is 10.2 Å². The van der Waals surface area contributed by atoms with Crippen LogP contribution in [0, 0.1) is 24.2 Å². The van der Waals surface area contributed by atoms with Crippen LogP contribution in [0.25, 0.3) is 0 Å². The average molecular weight is 316 g/mol. The highest BCUT2D eigenvalue weighted by atomic mass is 16.3. The minimum Gasteiger partial charge on any atom is -0.507 e. The lowest BCUT2D eigenvalue weighted by Gasteiger charge is -2.34. The van der Waals surface area contributed by atoms with Gasteiger partial charge in [0.1, 0.15) is 11.5 Å². The third kappa shape index (κ3) is 2.83. The van der Waals surface area contributed by atoms with E-state index in [1.165, 1.54) is 6.07 Å². The highest BCUT2D eigenvalue weighted by molar-refractivity contribution is 6.06. The molecule has 1 fully saturated rings. The average Bonchev–Trinajstić information content (AvgIpc) is 2.70. The van der Waals surface area contributed by atoms with Crippen molar-refractivity contribution < 1.29 is 19.8 Å². The number of phenolic OH excluding ortho intramolecular Hbond substituents is 1. The third-order valence-corrected chi connectivity index (χ3v) is 4.95. The molecule has 1 aromatic rings. The number of phenols is 1. The molecule has 1 aliphatic carbocycles. The Morgan fingerprint density at radius 2 is 2.04 bits per heavy atom. The summed E-state index contributed by atoms with van der Waals surface area (Å²) in [6.07, 6.45) is 1.78. The number of aliphatic hydroxyl groups is 1. The summed E-state index contributed by atoms with van der Waals surface area (Å²) in [5.41, 5.74) is -1.20. The van der Waals surface area contributed by atoms with Crippen molar-refractivity contribution in [3.05, 3.63) is 42.0 Å². The predicted molar refractivity (Wildman–Crippen MR) is 88.4 cm³/mol. The molecule has 1 aromatic carbocycles. The normalized spacial score (nSPS) is 28.0. The number of carbonyl (C=O) groups excluding carboxylic acids is 2. The van der Waals surface area contributed by atoms with Gasteiger partial charge in [0.05, 0.1) is 17.1 Å². The van der Waals surface area contributed by atoms with Gasteiger partial charge in [-0.25, -0.2) is 0 Å². The van der Waals surface area contributed by atoms with Crippen LogP contribution in [-0.4, -0.2) is 27.4 Å². The summed E-state index contributed by atoms with van der Waals surface area (Å²) in [5.74, 6) is -2.14. The molecule has 0 heterocycles. The Morgan fingerprint density at radius 3 is 2.52 bits per heavy atom. The van der Waals surface area contributed by atoms with E-state index in [1.54, 1.807) is 39.0 Å². The van der Waals surface area contributed by atoms with Crippen molar-refractivity contribution in [3.63, 3.8) is 0 Å². The van der Waals surface area contributed by atoms with E-state index in [1.807, 2.05) is 6.92 Å². The molecule has 0 unspecified atom stereocenters. The van der Waals surface area contributed by atoms with Gasteiger partial charge in [-0.05, 0) is 32.4 Å². The quantitative estimate of drug-likeness (QED) is 0.661. The highest BCUT2D eigenvalue weighted by Gasteiger charge is 2.57. The van der Waals surface area contributed by atoms with Gasteiger partial charge in [0, 0.05) is 17.8 Å². The van der Waals surface area contributed by atoms with E-state index in [0.29, 0.717) is 5.56 Å². The molecule has 0 aliphatic heterocycles. The van der Waals surface area contributed by atoms with E-state index >= 15 is 0 Å². The Kier molecular flexibility index (Phi) is 4.24. The zero-order valence-corrected chi connectivity index (χ0v) is 14.1. The number of benzene rings is 1. The number of aryl methyl sites for hydroxylation is 1. The molecule has 23 heavy (non-hydrogen) atoms. The van der Waals surface area contributed by atoms with Gasteiger partial charge >= 0.3 is 0 Å². The summed E-state index contributed by atoms with van der Waals surface area (Å²) in [7, 11) is 0. The van der Waals surface area contributed by atoms with Crippen molar-refractivity contribution in [2.75, 3.05) is 0 Å². The molecule has 0 amide bonds. The second kappa shape index (κ2) is 5.60. The number of aromatic hydroxyl groups is 1.